The number of hydrogen-bond donors (Lipinski definition) is 2. The predicted octanol–water partition coefficient (Wildman–Crippen LogP) is 2.31. The number of amides is 2. The fourth-order valence-corrected chi connectivity index (χ4v) is 4.99. The summed E-state index contributed by atoms with van der Waals surface area (Å²) >= 11 is 1.03. The van der Waals surface area contributed by atoms with E-state index in [2.05, 4.69) is 15.5 Å². The Kier molecular flexibility index (Phi) is 6.66. The van der Waals surface area contributed by atoms with Crippen molar-refractivity contribution in [1.82, 2.24) is 25.0 Å². The smallest absolute Gasteiger partial charge is 0.275 e. The van der Waals surface area contributed by atoms with Gasteiger partial charge in [-0.05, 0) is 25.5 Å². The highest BCUT2D eigenvalue weighted by atomic mass is 32.1. The SMILES string of the molecule is CC(=O)NC[C@H]1Cn2cc(-c3nnc(Cc4ccc(F)cc4F)s3)c(=O)c(O)c2C(=O)N1C(C)C. The van der Waals surface area contributed by atoms with Gasteiger partial charge >= 0.3 is 0 Å². The lowest BCUT2D eigenvalue weighted by atomic mass is 10.1. The van der Waals surface area contributed by atoms with Crippen LogP contribution in [0.2, 0.25) is 0 Å². The maximum Gasteiger partial charge on any atom is 0.275 e. The van der Waals surface area contributed by atoms with Crippen LogP contribution in [0.5, 0.6) is 5.75 Å². The summed E-state index contributed by atoms with van der Waals surface area (Å²) in [5.74, 6) is -2.87. The summed E-state index contributed by atoms with van der Waals surface area (Å²) in [7, 11) is 0. The molecule has 2 N–H and O–H groups in total. The monoisotopic (exact) mass is 503 g/mol. The maximum atomic E-state index is 14.0. The Bertz CT molecular complexity index is 1370. The zero-order valence-electron chi connectivity index (χ0n) is 19.2. The molecule has 0 saturated carbocycles. The molecule has 0 bridgehead atoms. The number of halogens is 2. The number of fused-ring (bicyclic) bond motifs is 1. The lowest BCUT2D eigenvalue weighted by molar-refractivity contribution is -0.119. The fourth-order valence-electron chi connectivity index (χ4n) is 4.12. The van der Waals surface area contributed by atoms with E-state index in [0.29, 0.717) is 5.01 Å². The molecular weight excluding hydrogens is 480 g/mol. The molecule has 1 aliphatic rings. The van der Waals surface area contributed by atoms with Gasteiger partial charge in [-0.1, -0.05) is 17.4 Å². The first-order valence-electron chi connectivity index (χ1n) is 10.9. The van der Waals surface area contributed by atoms with Gasteiger partial charge in [0, 0.05) is 44.7 Å². The third kappa shape index (κ3) is 4.78. The van der Waals surface area contributed by atoms with Crippen molar-refractivity contribution in [3.63, 3.8) is 0 Å². The van der Waals surface area contributed by atoms with Gasteiger partial charge in [0.1, 0.15) is 16.6 Å². The number of carbonyl (C=O) groups is 2. The Morgan fingerprint density at radius 1 is 1.29 bits per heavy atom. The molecule has 9 nitrogen and oxygen atoms in total. The third-order valence-electron chi connectivity index (χ3n) is 5.69. The number of nitrogens with one attached hydrogen (secondary N) is 1. The Labute approximate surface area is 203 Å². The minimum absolute atomic E-state index is 0.0404. The van der Waals surface area contributed by atoms with Gasteiger partial charge in [0.2, 0.25) is 11.3 Å². The number of aromatic hydroxyl groups is 1. The van der Waals surface area contributed by atoms with Gasteiger partial charge in [0.25, 0.3) is 5.91 Å². The van der Waals surface area contributed by atoms with Crippen LogP contribution >= 0.6 is 11.3 Å². The van der Waals surface area contributed by atoms with Gasteiger partial charge in [-0.3, -0.25) is 14.4 Å². The van der Waals surface area contributed by atoms with E-state index < -0.39 is 34.8 Å². The number of carbonyl (C=O) groups excluding carboxylic acids is 2. The van der Waals surface area contributed by atoms with Crippen molar-refractivity contribution in [3.05, 3.63) is 62.5 Å². The summed E-state index contributed by atoms with van der Waals surface area (Å²) in [5, 5.41) is 22.0. The predicted molar refractivity (Wildman–Crippen MR) is 124 cm³/mol. The molecule has 12 heteroatoms. The van der Waals surface area contributed by atoms with Gasteiger partial charge in [-0.25, -0.2) is 8.78 Å². The van der Waals surface area contributed by atoms with E-state index in [1.165, 1.54) is 28.7 Å². The van der Waals surface area contributed by atoms with Crippen molar-refractivity contribution in [2.24, 2.45) is 0 Å². The Balaban J connectivity index is 1.70. The molecule has 3 aromatic rings. The third-order valence-corrected chi connectivity index (χ3v) is 6.65. The highest BCUT2D eigenvalue weighted by Gasteiger charge is 2.37. The highest BCUT2D eigenvalue weighted by molar-refractivity contribution is 7.14. The summed E-state index contributed by atoms with van der Waals surface area (Å²) in [6, 6.07) is 2.59. The zero-order valence-corrected chi connectivity index (χ0v) is 20.0. The van der Waals surface area contributed by atoms with E-state index in [-0.39, 0.29) is 53.3 Å². The molecule has 1 aliphatic heterocycles. The molecule has 2 aromatic heterocycles. The number of rotatable bonds is 6. The van der Waals surface area contributed by atoms with Crippen molar-refractivity contribution in [2.45, 2.75) is 45.8 Å². The first kappa shape index (κ1) is 24.5. The van der Waals surface area contributed by atoms with E-state index in [0.717, 1.165) is 23.5 Å². The van der Waals surface area contributed by atoms with E-state index in [4.69, 9.17) is 0 Å². The summed E-state index contributed by atoms with van der Waals surface area (Å²) < 4.78 is 28.7. The minimum atomic E-state index is -0.774. The first-order chi connectivity index (χ1) is 16.6. The van der Waals surface area contributed by atoms with Crippen LogP contribution in [0.3, 0.4) is 0 Å². The molecule has 0 fully saturated rings. The quantitative estimate of drug-likeness (QED) is 0.533. The largest absolute Gasteiger partial charge is 0.503 e. The molecule has 0 radical (unpaired) electrons. The summed E-state index contributed by atoms with van der Waals surface area (Å²) in [5.41, 5.74) is -0.646. The first-order valence-corrected chi connectivity index (χ1v) is 11.7. The van der Waals surface area contributed by atoms with Crippen LogP contribution in [0, 0.1) is 11.6 Å². The van der Waals surface area contributed by atoms with Crippen LogP contribution in [0.25, 0.3) is 10.6 Å². The van der Waals surface area contributed by atoms with E-state index in [9.17, 15) is 28.3 Å². The van der Waals surface area contributed by atoms with Gasteiger partial charge in [-0.2, -0.15) is 0 Å². The molecule has 1 atom stereocenters. The van der Waals surface area contributed by atoms with Gasteiger partial charge in [0.05, 0.1) is 11.6 Å². The molecule has 184 valence electrons. The van der Waals surface area contributed by atoms with E-state index in [1.807, 2.05) is 13.8 Å². The van der Waals surface area contributed by atoms with Crippen molar-refractivity contribution in [3.8, 4) is 16.3 Å². The van der Waals surface area contributed by atoms with Crippen LogP contribution in [0.4, 0.5) is 8.78 Å². The molecule has 1 aromatic carbocycles. The van der Waals surface area contributed by atoms with E-state index in [1.54, 1.807) is 0 Å². The van der Waals surface area contributed by atoms with Gasteiger partial charge in [0.15, 0.2) is 16.5 Å². The fraction of sp³-hybridized carbons (Fsp3) is 0.348. The summed E-state index contributed by atoms with van der Waals surface area (Å²) in [6.45, 7) is 5.43. The topological polar surface area (TPSA) is 117 Å². The molecule has 35 heavy (non-hydrogen) atoms. The Morgan fingerprint density at radius 3 is 2.69 bits per heavy atom. The molecule has 2 amide bonds. The molecule has 3 heterocycles. The molecule has 0 saturated heterocycles. The zero-order chi connectivity index (χ0) is 25.4. The van der Waals surface area contributed by atoms with Crippen molar-refractivity contribution >= 4 is 23.2 Å². The lowest BCUT2D eigenvalue weighted by Crippen LogP contribution is -2.55. The Morgan fingerprint density at radius 2 is 2.03 bits per heavy atom. The van der Waals surface area contributed by atoms with Crippen molar-refractivity contribution in [1.29, 1.82) is 0 Å². The summed E-state index contributed by atoms with van der Waals surface area (Å²) in [4.78, 5) is 39.1. The standard InChI is InChI=1S/C23H23F2N5O4S/c1-11(2)30-15(8-26-12(3)31)9-29-10-16(20(32)21(33)19(29)23(30)34)22-28-27-18(35-22)6-13-4-5-14(24)7-17(13)25/h4-5,7,10-11,15,33H,6,8-9H2,1-3H3,(H,26,31)/t15-/m0/s1. The van der Waals surface area contributed by atoms with Crippen LogP contribution in [-0.2, 0) is 17.8 Å². The minimum Gasteiger partial charge on any atom is -0.503 e. The molecular formula is C23H23F2N5O4S. The highest BCUT2D eigenvalue weighted by Crippen LogP contribution is 2.30. The van der Waals surface area contributed by atoms with Crippen LogP contribution in [0.1, 0.15) is 41.8 Å². The number of nitrogens with zero attached hydrogens (tertiary/aromatic N) is 4. The Hall–Kier alpha value is -3.67. The van der Waals surface area contributed by atoms with Crippen molar-refractivity contribution < 1.29 is 23.5 Å². The van der Waals surface area contributed by atoms with E-state index >= 15 is 0 Å². The van der Waals surface area contributed by atoms with Gasteiger partial charge < -0.3 is 19.9 Å². The van der Waals surface area contributed by atoms with Crippen LogP contribution in [-0.4, -0.2) is 55.2 Å². The number of pyridine rings is 1. The molecule has 0 spiro atoms. The number of benzene rings is 1. The molecule has 0 aliphatic carbocycles. The second-order valence-electron chi connectivity index (χ2n) is 8.53. The average molecular weight is 504 g/mol. The van der Waals surface area contributed by atoms with Crippen molar-refractivity contribution in [2.75, 3.05) is 6.54 Å². The second kappa shape index (κ2) is 9.53. The van der Waals surface area contributed by atoms with Gasteiger partial charge in [-0.15, -0.1) is 10.2 Å². The van der Waals surface area contributed by atoms with Crippen LogP contribution in [0.15, 0.2) is 29.2 Å². The molecule has 4 rings (SSSR count). The number of hydrogen-bond acceptors (Lipinski definition) is 7. The number of aromatic nitrogens is 3. The summed E-state index contributed by atoms with van der Waals surface area (Å²) in [6.07, 6.45) is 1.49. The average Bonchev–Trinajstić information content (AvgIpc) is 3.24. The van der Waals surface area contributed by atoms with Crippen LogP contribution < -0.4 is 10.7 Å². The second-order valence-corrected chi connectivity index (χ2v) is 9.59. The lowest BCUT2D eigenvalue weighted by Gasteiger charge is -2.40. The maximum absolute atomic E-state index is 14.0. The molecule has 0 unspecified atom stereocenters. The normalized spacial score (nSPS) is 15.4.